The Hall–Kier alpha value is -1.63. The van der Waals surface area contributed by atoms with Crippen LogP contribution < -0.4 is 5.32 Å². The number of nitrogens with zero attached hydrogens (tertiary/aromatic N) is 3. The predicted octanol–water partition coefficient (Wildman–Crippen LogP) is 0.932. The molecule has 0 aromatic carbocycles. The first-order valence-corrected chi connectivity index (χ1v) is 3.33. The van der Waals surface area contributed by atoms with E-state index in [4.69, 9.17) is 5.26 Å². The quantitative estimate of drug-likeness (QED) is 0.500. The summed E-state index contributed by atoms with van der Waals surface area (Å²) in [6, 6.07) is 0. The Morgan fingerprint density at radius 2 is 2.18 bits per heavy atom. The van der Waals surface area contributed by atoms with Gasteiger partial charge < -0.3 is 0 Å². The van der Waals surface area contributed by atoms with Crippen LogP contribution in [0.15, 0.2) is 12.4 Å². The van der Waals surface area contributed by atoms with Gasteiger partial charge in [0.05, 0.1) is 0 Å². The predicted molar refractivity (Wildman–Crippen MR) is 40.6 cm³/mol. The Morgan fingerprint density at radius 3 is 2.64 bits per heavy atom. The van der Waals surface area contributed by atoms with Gasteiger partial charge in [-0.15, -0.1) is 0 Å². The zero-order chi connectivity index (χ0) is 8.10. The van der Waals surface area contributed by atoms with Crippen molar-refractivity contribution >= 4 is 5.95 Å². The van der Waals surface area contributed by atoms with E-state index in [-0.39, 0.29) is 0 Å². The normalized spacial score (nSPS) is 8.73. The van der Waals surface area contributed by atoms with Gasteiger partial charge in [0.15, 0.2) is 6.19 Å². The molecule has 4 nitrogen and oxygen atoms in total. The van der Waals surface area contributed by atoms with E-state index in [1.807, 2.05) is 6.92 Å². The lowest BCUT2D eigenvalue weighted by Crippen LogP contribution is -1.95. The zero-order valence-corrected chi connectivity index (χ0v) is 6.20. The van der Waals surface area contributed by atoms with Crippen LogP contribution in [0.1, 0.15) is 12.5 Å². The highest BCUT2D eigenvalue weighted by atomic mass is 15.1. The summed E-state index contributed by atoms with van der Waals surface area (Å²) >= 11 is 0. The van der Waals surface area contributed by atoms with E-state index in [9.17, 15) is 0 Å². The van der Waals surface area contributed by atoms with Gasteiger partial charge in [0.25, 0.3) is 0 Å². The third-order valence-electron chi connectivity index (χ3n) is 1.28. The molecule has 11 heavy (non-hydrogen) atoms. The topological polar surface area (TPSA) is 61.6 Å². The van der Waals surface area contributed by atoms with E-state index in [0.717, 1.165) is 12.0 Å². The van der Waals surface area contributed by atoms with Crippen LogP contribution in [-0.4, -0.2) is 9.97 Å². The SMILES string of the molecule is CCc1cnc(NC#N)nc1. The second kappa shape index (κ2) is 3.52. The maximum absolute atomic E-state index is 8.21. The van der Waals surface area contributed by atoms with Crippen molar-refractivity contribution in [3.63, 3.8) is 0 Å². The van der Waals surface area contributed by atoms with Crippen LogP contribution in [0.5, 0.6) is 0 Å². The number of hydrogen-bond acceptors (Lipinski definition) is 4. The summed E-state index contributed by atoms with van der Waals surface area (Å²) in [5, 5.41) is 10.5. The van der Waals surface area contributed by atoms with E-state index >= 15 is 0 Å². The number of anilines is 1. The highest BCUT2D eigenvalue weighted by Crippen LogP contribution is 1.99. The standard InChI is InChI=1S/C7H8N4/c1-2-6-3-9-7(10-4-6)11-5-8/h3-4H,2H2,1H3,(H,9,10,11). The van der Waals surface area contributed by atoms with Crippen LogP contribution in [0.25, 0.3) is 0 Å². The van der Waals surface area contributed by atoms with Crippen LogP contribution in [-0.2, 0) is 6.42 Å². The minimum Gasteiger partial charge on any atom is -0.261 e. The molecule has 0 aliphatic carbocycles. The number of nitrogens with one attached hydrogen (secondary N) is 1. The van der Waals surface area contributed by atoms with E-state index < -0.39 is 0 Å². The minimum atomic E-state index is 0.352. The average Bonchev–Trinajstić information content (AvgIpc) is 2.07. The summed E-state index contributed by atoms with van der Waals surface area (Å²) in [6.07, 6.45) is 6.06. The van der Waals surface area contributed by atoms with Crippen molar-refractivity contribution in [2.24, 2.45) is 0 Å². The molecule has 1 N–H and O–H groups in total. The molecule has 0 saturated heterocycles. The third-order valence-corrected chi connectivity index (χ3v) is 1.28. The monoisotopic (exact) mass is 148 g/mol. The van der Waals surface area contributed by atoms with Gasteiger partial charge in [-0.25, -0.2) is 9.97 Å². The van der Waals surface area contributed by atoms with Crippen molar-refractivity contribution in [3.05, 3.63) is 18.0 Å². The molecular formula is C7H8N4. The fourth-order valence-electron chi connectivity index (χ4n) is 0.652. The summed E-state index contributed by atoms with van der Waals surface area (Å²) in [6.45, 7) is 2.02. The van der Waals surface area contributed by atoms with Crippen molar-refractivity contribution in [1.82, 2.24) is 9.97 Å². The maximum atomic E-state index is 8.21. The molecule has 0 saturated carbocycles. The molecule has 0 spiro atoms. The van der Waals surface area contributed by atoms with E-state index in [2.05, 4.69) is 15.3 Å². The first kappa shape index (κ1) is 7.48. The number of aromatic nitrogens is 2. The van der Waals surface area contributed by atoms with Gasteiger partial charge in [0, 0.05) is 12.4 Å². The molecule has 1 aromatic rings. The first-order chi connectivity index (χ1) is 5.36. The maximum Gasteiger partial charge on any atom is 0.236 e. The van der Waals surface area contributed by atoms with Gasteiger partial charge in [-0.3, -0.25) is 5.32 Å². The molecule has 0 aliphatic heterocycles. The van der Waals surface area contributed by atoms with Gasteiger partial charge in [-0.05, 0) is 12.0 Å². The smallest absolute Gasteiger partial charge is 0.236 e. The molecule has 0 atom stereocenters. The third kappa shape index (κ3) is 1.90. The van der Waals surface area contributed by atoms with Crippen molar-refractivity contribution in [2.75, 3.05) is 5.32 Å². The Balaban J connectivity index is 2.76. The largest absolute Gasteiger partial charge is 0.261 e. The van der Waals surface area contributed by atoms with Gasteiger partial charge in [-0.1, -0.05) is 6.92 Å². The molecule has 0 bridgehead atoms. The number of aryl methyl sites for hydroxylation is 1. The molecule has 0 fully saturated rings. The molecule has 0 aliphatic rings. The van der Waals surface area contributed by atoms with Crippen LogP contribution in [0.2, 0.25) is 0 Å². The molecule has 0 radical (unpaired) electrons. The highest BCUT2D eigenvalue weighted by molar-refractivity contribution is 5.29. The van der Waals surface area contributed by atoms with Gasteiger partial charge in [0.2, 0.25) is 5.95 Å². The summed E-state index contributed by atoms with van der Waals surface area (Å²) in [5.41, 5.74) is 1.06. The van der Waals surface area contributed by atoms with E-state index in [0.29, 0.717) is 5.95 Å². The molecule has 1 aromatic heterocycles. The van der Waals surface area contributed by atoms with Crippen LogP contribution >= 0.6 is 0 Å². The zero-order valence-electron chi connectivity index (χ0n) is 6.20. The fraction of sp³-hybridized carbons (Fsp3) is 0.286. The van der Waals surface area contributed by atoms with Gasteiger partial charge in [-0.2, -0.15) is 5.26 Å². The van der Waals surface area contributed by atoms with Crippen molar-refractivity contribution < 1.29 is 0 Å². The molecule has 4 heteroatoms. The summed E-state index contributed by atoms with van der Waals surface area (Å²) in [7, 11) is 0. The molecule has 0 amide bonds. The summed E-state index contributed by atoms with van der Waals surface area (Å²) in [5.74, 6) is 0.352. The lowest BCUT2D eigenvalue weighted by atomic mass is 10.3. The summed E-state index contributed by atoms with van der Waals surface area (Å²) < 4.78 is 0. The van der Waals surface area contributed by atoms with E-state index in [1.165, 1.54) is 0 Å². The second-order valence-corrected chi connectivity index (χ2v) is 2.01. The summed E-state index contributed by atoms with van der Waals surface area (Å²) in [4.78, 5) is 7.79. The number of nitriles is 1. The lowest BCUT2D eigenvalue weighted by Gasteiger charge is -1.95. The Labute approximate surface area is 64.9 Å². The molecule has 0 unspecified atom stereocenters. The number of hydrogen-bond donors (Lipinski definition) is 1. The molecule has 1 heterocycles. The lowest BCUT2D eigenvalue weighted by molar-refractivity contribution is 1.05. The molecular weight excluding hydrogens is 140 g/mol. The van der Waals surface area contributed by atoms with Crippen molar-refractivity contribution in [3.8, 4) is 6.19 Å². The second-order valence-electron chi connectivity index (χ2n) is 2.01. The fourth-order valence-corrected chi connectivity index (χ4v) is 0.652. The van der Waals surface area contributed by atoms with Crippen LogP contribution in [0.3, 0.4) is 0 Å². The first-order valence-electron chi connectivity index (χ1n) is 3.33. The Kier molecular flexibility index (Phi) is 2.39. The van der Waals surface area contributed by atoms with Gasteiger partial charge >= 0.3 is 0 Å². The highest BCUT2D eigenvalue weighted by Gasteiger charge is 1.92. The van der Waals surface area contributed by atoms with Crippen molar-refractivity contribution in [2.45, 2.75) is 13.3 Å². The molecule has 56 valence electrons. The number of rotatable bonds is 2. The Morgan fingerprint density at radius 1 is 1.55 bits per heavy atom. The van der Waals surface area contributed by atoms with Crippen LogP contribution in [0, 0.1) is 11.5 Å². The van der Waals surface area contributed by atoms with Crippen LogP contribution in [0.4, 0.5) is 5.95 Å². The van der Waals surface area contributed by atoms with Crippen molar-refractivity contribution in [1.29, 1.82) is 5.26 Å². The van der Waals surface area contributed by atoms with Gasteiger partial charge in [0.1, 0.15) is 0 Å². The Bertz CT molecular complexity index is 259. The molecule has 1 rings (SSSR count). The average molecular weight is 148 g/mol. The van der Waals surface area contributed by atoms with E-state index in [1.54, 1.807) is 18.6 Å². The minimum absolute atomic E-state index is 0.352.